The normalized spacial score (nSPS) is 20.3. The van der Waals surface area contributed by atoms with Crippen molar-refractivity contribution in [2.24, 2.45) is 0 Å². The Morgan fingerprint density at radius 2 is 1.94 bits per heavy atom. The van der Waals surface area contributed by atoms with Crippen molar-refractivity contribution in [2.75, 3.05) is 6.54 Å². The van der Waals surface area contributed by atoms with Crippen LogP contribution in [0.25, 0.3) is 0 Å². The van der Waals surface area contributed by atoms with Crippen LogP contribution in [0.15, 0.2) is 24.3 Å². The van der Waals surface area contributed by atoms with E-state index in [0.717, 1.165) is 31.2 Å². The Bertz CT molecular complexity index is 449. The fourth-order valence-electron chi connectivity index (χ4n) is 2.24. The molecule has 96 valence electrons. The van der Waals surface area contributed by atoms with Crippen molar-refractivity contribution in [3.8, 4) is 0 Å². The van der Waals surface area contributed by atoms with Crippen molar-refractivity contribution >= 4 is 6.03 Å². The summed E-state index contributed by atoms with van der Waals surface area (Å²) in [5, 5.41) is 5.83. The molecule has 0 aliphatic heterocycles. The summed E-state index contributed by atoms with van der Waals surface area (Å²) < 4.78 is 12.9. The Morgan fingerprint density at radius 1 is 1.28 bits per heavy atom. The molecule has 4 heteroatoms. The zero-order chi connectivity index (χ0) is 12.6. The summed E-state index contributed by atoms with van der Waals surface area (Å²) >= 11 is 0. The molecule has 2 fully saturated rings. The van der Waals surface area contributed by atoms with Gasteiger partial charge in [0, 0.05) is 18.0 Å². The van der Waals surface area contributed by atoms with Gasteiger partial charge in [-0.15, -0.1) is 0 Å². The number of amides is 2. The van der Waals surface area contributed by atoms with Crippen LogP contribution in [0.4, 0.5) is 9.18 Å². The van der Waals surface area contributed by atoms with E-state index >= 15 is 0 Å². The molecule has 2 aliphatic rings. The third-order valence-corrected chi connectivity index (χ3v) is 3.81. The third-order valence-electron chi connectivity index (χ3n) is 3.81. The van der Waals surface area contributed by atoms with Crippen LogP contribution in [0.2, 0.25) is 0 Å². The second-order valence-electron chi connectivity index (χ2n) is 5.39. The number of nitrogens with one attached hydrogen (secondary N) is 2. The van der Waals surface area contributed by atoms with Gasteiger partial charge >= 0.3 is 6.03 Å². The topological polar surface area (TPSA) is 41.1 Å². The van der Waals surface area contributed by atoms with Gasteiger partial charge in [-0.25, -0.2) is 9.18 Å². The number of carbonyl (C=O) groups is 1. The largest absolute Gasteiger partial charge is 0.337 e. The Kier molecular flexibility index (Phi) is 2.73. The molecule has 0 radical (unpaired) electrons. The minimum Gasteiger partial charge on any atom is -0.337 e. The summed E-state index contributed by atoms with van der Waals surface area (Å²) in [5.41, 5.74) is 1.16. The zero-order valence-electron chi connectivity index (χ0n) is 10.2. The Labute approximate surface area is 106 Å². The zero-order valence-corrected chi connectivity index (χ0v) is 10.2. The molecule has 18 heavy (non-hydrogen) atoms. The minimum atomic E-state index is -0.214. The second-order valence-corrected chi connectivity index (χ2v) is 5.39. The van der Waals surface area contributed by atoms with E-state index in [1.807, 2.05) is 12.1 Å². The van der Waals surface area contributed by atoms with Crippen molar-refractivity contribution in [3.05, 3.63) is 35.6 Å². The van der Waals surface area contributed by atoms with Gasteiger partial charge in [0.2, 0.25) is 0 Å². The standard InChI is InChI=1S/C14H17FN2O/c15-11-3-1-10(2-4-11)14(7-8-14)9-16-13(18)17-12-5-6-12/h1-4,12H,5-9H2,(H2,16,17,18). The molecule has 2 amide bonds. The molecule has 2 N–H and O–H groups in total. The number of benzene rings is 1. The van der Waals surface area contributed by atoms with E-state index in [4.69, 9.17) is 0 Å². The summed E-state index contributed by atoms with van der Waals surface area (Å²) in [6.07, 6.45) is 4.30. The summed E-state index contributed by atoms with van der Waals surface area (Å²) in [4.78, 5) is 11.6. The van der Waals surface area contributed by atoms with Gasteiger partial charge in [0.15, 0.2) is 0 Å². The fraction of sp³-hybridized carbons (Fsp3) is 0.500. The summed E-state index contributed by atoms with van der Waals surface area (Å²) in [5.74, 6) is -0.214. The van der Waals surface area contributed by atoms with E-state index in [-0.39, 0.29) is 17.3 Å². The fourth-order valence-corrected chi connectivity index (χ4v) is 2.24. The highest BCUT2D eigenvalue weighted by Gasteiger charge is 2.44. The van der Waals surface area contributed by atoms with Crippen molar-refractivity contribution in [3.63, 3.8) is 0 Å². The van der Waals surface area contributed by atoms with Crippen molar-refractivity contribution in [2.45, 2.75) is 37.1 Å². The Morgan fingerprint density at radius 3 is 2.50 bits per heavy atom. The predicted octanol–water partition coefficient (Wildman–Crippen LogP) is 2.32. The van der Waals surface area contributed by atoms with Crippen LogP contribution in [0.1, 0.15) is 31.2 Å². The average Bonchev–Trinajstić information content (AvgIpc) is 3.23. The van der Waals surface area contributed by atoms with Crippen molar-refractivity contribution < 1.29 is 9.18 Å². The lowest BCUT2D eigenvalue weighted by molar-refractivity contribution is 0.239. The summed E-state index contributed by atoms with van der Waals surface area (Å²) in [7, 11) is 0. The van der Waals surface area contributed by atoms with E-state index in [1.165, 1.54) is 12.1 Å². The monoisotopic (exact) mass is 248 g/mol. The molecule has 2 aliphatic carbocycles. The quantitative estimate of drug-likeness (QED) is 0.843. The van der Waals surface area contributed by atoms with E-state index in [0.29, 0.717) is 12.6 Å². The molecule has 0 heterocycles. The van der Waals surface area contributed by atoms with Gasteiger partial charge in [0.25, 0.3) is 0 Å². The first-order valence-electron chi connectivity index (χ1n) is 6.48. The smallest absolute Gasteiger partial charge is 0.315 e. The lowest BCUT2D eigenvalue weighted by Crippen LogP contribution is -2.40. The number of rotatable bonds is 4. The van der Waals surface area contributed by atoms with Crippen molar-refractivity contribution in [1.29, 1.82) is 0 Å². The molecule has 2 saturated carbocycles. The van der Waals surface area contributed by atoms with Crippen molar-refractivity contribution in [1.82, 2.24) is 10.6 Å². The molecule has 0 spiro atoms. The first kappa shape index (κ1) is 11.5. The number of hydrogen-bond donors (Lipinski definition) is 2. The van der Waals surface area contributed by atoms with Crippen LogP contribution in [0.5, 0.6) is 0 Å². The van der Waals surface area contributed by atoms with E-state index < -0.39 is 0 Å². The molecular formula is C14H17FN2O. The van der Waals surface area contributed by atoms with Crippen LogP contribution in [0, 0.1) is 5.82 Å². The maximum absolute atomic E-state index is 12.9. The van der Waals surface area contributed by atoms with Gasteiger partial charge in [0.05, 0.1) is 0 Å². The molecule has 1 aromatic rings. The van der Waals surface area contributed by atoms with Crippen LogP contribution in [0.3, 0.4) is 0 Å². The number of urea groups is 1. The first-order valence-corrected chi connectivity index (χ1v) is 6.48. The van der Waals surface area contributed by atoms with Gasteiger partial charge in [-0.05, 0) is 43.4 Å². The molecular weight excluding hydrogens is 231 g/mol. The van der Waals surface area contributed by atoms with Crippen LogP contribution >= 0.6 is 0 Å². The van der Waals surface area contributed by atoms with Gasteiger partial charge in [-0.3, -0.25) is 0 Å². The van der Waals surface area contributed by atoms with E-state index in [2.05, 4.69) is 10.6 Å². The molecule has 0 aromatic heterocycles. The number of halogens is 1. The second kappa shape index (κ2) is 4.26. The molecule has 0 bridgehead atoms. The predicted molar refractivity (Wildman–Crippen MR) is 66.9 cm³/mol. The van der Waals surface area contributed by atoms with Gasteiger partial charge in [-0.2, -0.15) is 0 Å². The highest BCUT2D eigenvalue weighted by molar-refractivity contribution is 5.74. The Balaban J connectivity index is 1.57. The molecule has 1 aromatic carbocycles. The highest BCUT2D eigenvalue weighted by atomic mass is 19.1. The summed E-state index contributed by atoms with van der Waals surface area (Å²) in [6.45, 7) is 0.636. The third kappa shape index (κ3) is 2.47. The van der Waals surface area contributed by atoms with Gasteiger partial charge in [0.1, 0.15) is 5.82 Å². The van der Waals surface area contributed by atoms with Gasteiger partial charge < -0.3 is 10.6 Å². The van der Waals surface area contributed by atoms with Crippen LogP contribution < -0.4 is 10.6 Å². The molecule has 0 atom stereocenters. The molecule has 0 saturated heterocycles. The van der Waals surface area contributed by atoms with Crippen LogP contribution in [-0.4, -0.2) is 18.6 Å². The SMILES string of the molecule is O=C(NCC1(c2ccc(F)cc2)CC1)NC1CC1. The Hall–Kier alpha value is -1.58. The van der Waals surface area contributed by atoms with E-state index in [1.54, 1.807) is 0 Å². The lowest BCUT2D eigenvalue weighted by Gasteiger charge is -2.17. The molecule has 3 rings (SSSR count). The maximum atomic E-state index is 12.9. The highest BCUT2D eigenvalue weighted by Crippen LogP contribution is 2.47. The van der Waals surface area contributed by atoms with Gasteiger partial charge in [-0.1, -0.05) is 12.1 Å². The van der Waals surface area contributed by atoms with E-state index in [9.17, 15) is 9.18 Å². The summed E-state index contributed by atoms with van der Waals surface area (Å²) in [6, 6.07) is 6.92. The molecule has 0 unspecified atom stereocenters. The molecule has 3 nitrogen and oxygen atoms in total. The lowest BCUT2D eigenvalue weighted by atomic mass is 9.96. The minimum absolute atomic E-state index is 0.0363. The first-order chi connectivity index (χ1) is 8.68. The maximum Gasteiger partial charge on any atom is 0.315 e. The van der Waals surface area contributed by atoms with Crippen LogP contribution in [-0.2, 0) is 5.41 Å². The number of carbonyl (C=O) groups excluding carboxylic acids is 1. The average molecular weight is 248 g/mol. The number of hydrogen-bond acceptors (Lipinski definition) is 1.